The highest BCUT2D eigenvalue weighted by molar-refractivity contribution is 5.96. The van der Waals surface area contributed by atoms with Gasteiger partial charge in [-0.3, -0.25) is 14.4 Å². The predicted molar refractivity (Wildman–Crippen MR) is 97.0 cm³/mol. The lowest BCUT2D eigenvalue weighted by Gasteiger charge is -2.07. The molecule has 8 nitrogen and oxygen atoms in total. The van der Waals surface area contributed by atoms with Gasteiger partial charge < -0.3 is 24.5 Å². The van der Waals surface area contributed by atoms with E-state index in [2.05, 4.69) is 10.6 Å². The molecule has 1 aromatic carbocycles. The molecule has 0 bridgehead atoms. The first-order valence-corrected chi connectivity index (χ1v) is 8.43. The monoisotopic (exact) mass is 374 g/mol. The molecule has 0 saturated heterocycles. The summed E-state index contributed by atoms with van der Waals surface area (Å²) in [4.78, 5) is 35.4. The van der Waals surface area contributed by atoms with Gasteiger partial charge in [0.05, 0.1) is 25.8 Å². The summed E-state index contributed by atoms with van der Waals surface area (Å²) in [6.45, 7) is 0.782. The summed E-state index contributed by atoms with van der Waals surface area (Å²) in [7, 11) is 1.51. The molecule has 0 aliphatic carbocycles. The molecule has 2 amide bonds. The minimum absolute atomic E-state index is 0.0111. The molecular weight excluding hydrogens is 352 g/mol. The Hall–Kier alpha value is -3.13. The number of furan rings is 1. The molecular formula is C19H22N2O6. The number of hydrogen-bond donors (Lipinski definition) is 2. The van der Waals surface area contributed by atoms with Gasteiger partial charge in [0.2, 0.25) is 5.91 Å². The first-order chi connectivity index (χ1) is 13.1. The highest BCUT2D eigenvalue weighted by Crippen LogP contribution is 2.11. The van der Waals surface area contributed by atoms with Crippen LogP contribution in [0.2, 0.25) is 0 Å². The number of amides is 2. The van der Waals surface area contributed by atoms with E-state index in [-0.39, 0.29) is 31.3 Å². The molecule has 2 N–H and O–H groups in total. The molecule has 0 spiro atoms. The molecule has 8 heteroatoms. The molecule has 0 aliphatic rings. The van der Waals surface area contributed by atoms with Gasteiger partial charge in [0.15, 0.2) is 0 Å². The average molecular weight is 374 g/mol. The third-order valence-corrected chi connectivity index (χ3v) is 3.54. The first-order valence-electron chi connectivity index (χ1n) is 8.43. The van der Waals surface area contributed by atoms with Crippen LogP contribution in [0.1, 0.15) is 29.0 Å². The highest BCUT2D eigenvalue weighted by Gasteiger charge is 2.10. The van der Waals surface area contributed by atoms with E-state index in [1.807, 2.05) is 0 Å². The summed E-state index contributed by atoms with van der Waals surface area (Å²) in [5.74, 6) is -0.351. The molecule has 2 aromatic rings. The van der Waals surface area contributed by atoms with Gasteiger partial charge in [0, 0.05) is 24.8 Å². The number of esters is 1. The molecule has 0 unspecified atom stereocenters. The van der Waals surface area contributed by atoms with Gasteiger partial charge in [-0.05, 0) is 36.4 Å². The van der Waals surface area contributed by atoms with Crippen LogP contribution < -0.4 is 10.6 Å². The Morgan fingerprint density at radius 3 is 2.48 bits per heavy atom. The van der Waals surface area contributed by atoms with Crippen LogP contribution in [-0.4, -0.2) is 38.1 Å². The lowest BCUT2D eigenvalue weighted by Crippen LogP contribution is -2.22. The van der Waals surface area contributed by atoms with Gasteiger partial charge in [-0.1, -0.05) is 0 Å². The maximum absolute atomic E-state index is 12.1. The van der Waals surface area contributed by atoms with Gasteiger partial charge in [0.1, 0.15) is 12.4 Å². The Balaban J connectivity index is 1.73. The maximum Gasteiger partial charge on any atom is 0.306 e. The zero-order valence-electron chi connectivity index (χ0n) is 15.0. The van der Waals surface area contributed by atoms with Crippen LogP contribution in [0, 0.1) is 0 Å². The first kappa shape index (κ1) is 20.2. The topological polar surface area (TPSA) is 107 Å². The van der Waals surface area contributed by atoms with Gasteiger partial charge in [-0.15, -0.1) is 0 Å². The van der Waals surface area contributed by atoms with Crippen LogP contribution in [0.4, 0.5) is 5.69 Å². The number of carbonyl (C=O) groups is 3. The average Bonchev–Trinajstić information content (AvgIpc) is 3.19. The normalized spacial score (nSPS) is 10.3. The van der Waals surface area contributed by atoms with Crippen LogP contribution in [0.3, 0.4) is 0 Å². The van der Waals surface area contributed by atoms with Crippen LogP contribution in [-0.2, 0) is 25.6 Å². The van der Waals surface area contributed by atoms with E-state index in [1.165, 1.54) is 13.4 Å². The third-order valence-electron chi connectivity index (χ3n) is 3.54. The van der Waals surface area contributed by atoms with E-state index < -0.39 is 5.97 Å². The molecule has 27 heavy (non-hydrogen) atoms. The SMILES string of the molecule is COCCOC(=O)CCC(=O)Nc1ccc(C(=O)NCc2ccco2)cc1. The van der Waals surface area contributed by atoms with E-state index in [0.29, 0.717) is 30.2 Å². The van der Waals surface area contributed by atoms with Crippen molar-refractivity contribution < 1.29 is 28.3 Å². The van der Waals surface area contributed by atoms with Crippen LogP contribution in [0.25, 0.3) is 0 Å². The van der Waals surface area contributed by atoms with Gasteiger partial charge in [0.25, 0.3) is 5.91 Å². The van der Waals surface area contributed by atoms with Gasteiger partial charge in [-0.25, -0.2) is 0 Å². The van der Waals surface area contributed by atoms with Crippen molar-refractivity contribution in [3.63, 3.8) is 0 Å². The summed E-state index contributed by atoms with van der Waals surface area (Å²) in [5.41, 5.74) is 0.997. The Kier molecular flexibility index (Phi) is 8.05. The van der Waals surface area contributed by atoms with E-state index in [0.717, 1.165) is 0 Å². The zero-order chi connectivity index (χ0) is 19.5. The number of ether oxygens (including phenoxy) is 2. The zero-order valence-corrected chi connectivity index (χ0v) is 15.0. The number of benzene rings is 1. The van der Waals surface area contributed by atoms with Gasteiger partial charge >= 0.3 is 5.97 Å². The highest BCUT2D eigenvalue weighted by atomic mass is 16.6. The summed E-state index contributed by atoms with van der Waals surface area (Å²) in [6.07, 6.45) is 1.54. The number of rotatable bonds is 10. The minimum Gasteiger partial charge on any atom is -0.467 e. The van der Waals surface area contributed by atoms with Crippen molar-refractivity contribution in [3.05, 3.63) is 54.0 Å². The Morgan fingerprint density at radius 1 is 1.04 bits per heavy atom. The third kappa shape index (κ3) is 7.33. The number of carbonyl (C=O) groups excluding carboxylic acids is 3. The second kappa shape index (κ2) is 10.8. The Bertz CT molecular complexity index is 740. The smallest absolute Gasteiger partial charge is 0.306 e. The molecule has 1 heterocycles. The minimum atomic E-state index is -0.453. The van der Waals surface area contributed by atoms with E-state index >= 15 is 0 Å². The van der Waals surface area contributed by atoms with E-state index in [4.69, 9.17) is 13.9 Å². The van der Waals surface area contributed by atoms with Crippen molar-refractivity contribution >= 4 is 23.5 Å². The van der Waals surface area contributed by atoms with Crippen LogP contribution in [0.15, 0.2) is 47.1 Å². The molecule has 0 atom stereocenters. The fraction of sp³-hybridized carbons (Fsp3) is 0.316. The lowest BCUT2D eigenvalue weighted by atomic mass is 10.2. The maximum atomic E-state index is 12.1. The molecule has 0 fully saturated rings. The molecule has 0 aliphatic heterocycles. The van der Waals surface area contributed by atoms with Crippen molar-refractivity contribution in [2.24, 2.45) is 0 Å². The molecule has 0 radical (unpaired) electrons. The summed E-state index contributed by atoms with van der Waals surface area (Å²) in [6, 6.07) is 9.97. The molecule has 144 valence electrons. The number of hydrogen-bond acceptors (Lipinski definition) is 6. The van der Waals surface area contributed by atoms with Gasteiger partial charge in [-0.2, -0.15) is 0 Å². The van der Waals surface area contributed by atoms with Crippen molar-refractivity contribution in [2.75, 3.05) is 25.6 Å². The van der Waals surface area contributed by atoms with E-state index in [9.17, 15) is 14.4 Å². The van der Waals surface area contributed by atoms with Crippen molar-refractivity contribution in [1.82, 2.24) is 5.32 Å². The summed E-state index contributed by atoms with van der Waals surface area (Å²) >= 11 is 0. The molecule has 2 rings (SSSR count). The summed E-state index contributed by atoms with van der Waals surface area (Å²) < 4.78 is 14.8. The van der Waals surface area contributed by atoms with Crippen molar-refractivity contribution in [2.45, 2.75) is 19.4 Å². The quantitative estimate of drug-likeness (QED) is 0.487. The Morgan fingerprint density at radius 2 is 1.81 bits per heavy atom. The van der Waals surface area contributed by atoms with Crippen molar-refractivity contribution in [3.8, 4) is 0 Å². The van der Waals surface area contributed by atoms with Crippen molar-refractivity contribution in [1.29, 1.82) is 0 Å². The fourth-order valence-electron chi connectivity index (χ4n) is 2.14. The lowest BCUT2D eigenvalue weighted by molar-refractivity contribution is -0.145. The molecule has 1 aromatic heterocycles. The summed E-state index contributed by atoms with van der Waals surface area (Å²) in [5, 5.41) is 5.40. The second-order valence-electron chi connectivity index (χ2n) is 5.60. The number of methoxy groups -OCH3 is 1. The van der Waals surface area contributed by atoms with Crippen LogP contribution >= 0.6 is 0 Å². The van der Waals surface area contributed by atoms with Crippen LogP contribution in [0.5, 0.6) is 0 Å². The second-order valence-corrected chi connectivity index (χ2v) is 5.60. The van der Waals surface area contributed by atoms with E-state index in [1.54, 1.807) is 36.4 Å². The largest absolute Gasteiger partial charge is 0.467 e. The predicted octanol–water partition coefficient (Wildman–Crippen LogP) is 2.12. The molecule has 0 saturated carbocycles. The fourth-order valence-corrected chi connectivity index (χ4v) is 2.14. The number of nitrogens with one attached hydrogen (secondary N) is 2. The number of anilines is 1. The standard InChI is InChI=1S/C19H22N2O6/c1-25-11-12-27-18(23)9-8-17(22)21-15-6-4-14(5-7-15)19(24)20-13-16-3-2-10-26-16/h2-7,10H,8-9,11-13H2,1H3,(H,20,24)(H,21,22). The Labute approximate surface area is 156 Å².